The van der Waals surface area contributed by atoms with Crippen LogP contribution >= 0.6 is 0 Å². The number of amides is 2. The van der Waals surface area contributed by atoms with Gasteiger partial charge < -0.3 is 11.1 Å². The van der Waals surface area contributed by atoms with Crippen LogP contribution in [0.5, 0.6) is 0 Å². The van der Waals surface area contributed by atoms with Gasteiger partial charge in [0.25, 0.3) is 0 Å². The molecule has 20 heavy (non-hydrogen) atoms. The van der Waals surface area contributed by atoms with Gasteiger partial charge in [-0.15, -0.1) is 0 Å². The highest BCUT2D eigenvalue weighted by Gasteiger charge is 2.11. The van der Waals surface area contributed by atoms with Crippen LogP contribution in [0.25, 0.3) is 0 Å². The van der Waals surface area contributed by atoms with Crippen LogP contribution < -0.4 is 16.0 Å². The monoisotopic (exact) mass is 273 g/mol. The van der Waals surface area contributed by atoms with Gasteiger partial charge in [0.1, 0.15) is 5.82 Å². The van der Waals surface area contributed by atoms with Crippen LogP contribution in [0.15, 0.2) is 48.5 Å². The van der Waals surface area contributed by atoms with Gasteiger partial charge in [0.2, 0.25) is 0 Å². The second kappa shape index (κ2) is 6.16. The Kier molecular flexibility index (Phi) is 4.32. The van der Waals surface area contributed by atoms with E-state index in [-0.39, 0.29) is 6.03 Å². The van der Waals surface area contributed by atoms with E-state index in [2.05, 4.69) is 5.32 Å². The number of rotatable bonds is 3. The minimum atomic E-state index is -0.393. The Hall–Kier alpha value is -2.40. The summed E-state index contributed by atoms with van der Waals surface area (Å²) in [5.74, 6) is -0.393. The molecule has 104 valence electrons. The number of hydrogen-bond acceptors (Lipinski definition) is 2. The lowest BCUT2D eigenvalue weighted by Crippen LogP contribution is -2.31. The zero-order chi connectivity index (χ0) is 14.5. The Morgan fingerprint density at radius 1 is 1.25 bits per heavy atom. The lowest BCUT2D eigenvalue weighted by Gasteiger charge is -2.18. The number of hydrogen-bond donors (Lipinski definition) is 2. The van der Waals surface area contributed by atoms with Crippen molar-refractivity contribution < 1.29 is 9.18 Å². The number of carbonyl (C=O) groups excluding carboxylic acids is 1. The summed E-state index contributed by atoms with van der Waals surface area (Å²) in [5.41, 5.74) is 7.65. The van der Waals surface area contributed by atoms with E-state index >= 15 is 0 Å². The molecule has 0 aliphatic heterocycles. The van der Waals surface area contributed by atoms with E-state index in [1.54, 1.807) is 19.2 Å². The molecule has 0 aliphatic rings. The molecule has 0 aliphatic carbocycles. The molecule has 2 aromatic carbocycles. The largest absolute Gasteiger partial charge is 0.326 e. The van der Waals surface area contributed by atoms with Crippen molar-refractivity contribution in [2.45, 2.75) is 6.54 Å². The van der Waals surface area contributed by atoms with Crippen molar-refractivity contribution >= 4 is 17.4 Å². The second-order valence-corrected chi connectivity index (χ2v) is 4.37. The van der Waals surface area contributed by atoms with Gasteiger partial charge >= 0.3 is 6.03 Å². The third-order valence-electron chi connectivity index (χ3n) is 2.91. The average molecular weight is 273 g/mol. The smallest absolute Gasteiger partial charge is 0.326 e. The van der Waals surface area contributed by atoms with Gasteiger partial charge in [-0.05, 0) is 35.9 Å². The number of halogens is 1. The number of anilines is 2. The van der Waals surface area contributed by atoms with Gasteiger partial charge in [-0.1, -0.05) is 18.2 Å². The third kappa shape index (κ3) is 3.33. The van der Waals surface area contributed by atoms with Crippen molar-refractivity contribution in [1.29, 1.82) is 0 Å². The summed E-state index contributed by atoms with van der Waals surface area (Å²) in [6.45, 7) is 0.410. The molecule has 2 rings (SSSR count). The minimum absolute atomic E-state index is 0.343. The summed E-state index contributed by atoms with van der Waals surface area (Å²) in [6, 6.07) is 12.8. The first-order valence-electron chi connectivity index (χ1n) is 6.19. The highest BCUT2D eigenvalue weighted by molar-refractivity contribution is 6.01. The van der Waals surface area contributed by atoms with Gasteiger partial charge in [0, 0.05) is 25.0 Å². The molecule has 0 unspecified atom stereocenters. The molecule has 0 aromatic heterocycles. The lowest BCUT2D eigenvalue weighted by atomic mass is 10.2. The van der Waals surface area contributed by atoms with Crippen LogP contribution in [0.4, 0.5) is 20.6 Å². The molecule has 0 radical (unpaired) electrons. The maximum absolute atomic E-state index is 13.1. The molecule has 2 amide bonds. The van der Waals surface area contributed by atoms with Gasteiger partial charge in [-0.25, -0.2) is 9.18 Å². The number of urea groups is 1. The highest BCUT2D eigenvalue weighted by atomic mass is 19.1. The molecule has 0 saturated carbocycles. The normalized spacial score (nSPS) is 10.2. The van der Waals surface area contributed by atoms with Crippen molar-refractivity contribution in [3.63, 3.8) is 0 Å². The summed E-state index contributed by atoms with van der Waals surface area (Å²) in [7, 11) is 1.64. The molecule has 3 N–H and O–H groups in total. The summed E-state index contributed by atoms with van der Waals surface area (Å²) in [5, 5.41) is 2.63. The summed E-state index contributed by atoms with van der Waals surface area (Å²) >= 11 is 0. The van der Waals surface area contributed by atoms with E-state index in [1.165, 1.54) is 17.0 Å². The predicted molar refractivity (Wildman–Crippen MR) is 78.2 cm³/mol. The summed E-state index contributed by atoms with van der Waals surface area (Å²) in [4.78, 5) is 13.5. The van der Waals surface area contributed by atoms with E-state index in [0.29, 0.717) is 12.2 Å². The van der Waals surface area contributed by atoms with Gasteiger partial charge in [-0.3, -0.25) is 4.90 Å². The Labute approximate surface area is 117 Å². The van der Waals surface area contributed by atoms with E-state index in [9.17, 15) is 9.18 Å². The number of benzene rings is 2. The first-order valence-corrected chi connectivity index (χ1v) is 6.19. The quantitative estimate of drug-likeness (QED) is 0.903. The SMILES string of the molecule is CN(C(=O)Nc1cccc(F)c1)c1cccc(CN)c1. The Bertz CT molecular complexity index is 616. The molecular weight excluding hydrogens is 257 g/mol. The van der Waals surface area contributed by atoms with Crippen molar-refractivity contribution in [2.24, 2.45) is 5.73 Å². The second-order valence-electron chi connectivity index (χ2n) is 4.37. The van der Waals surface area contributed by atoms with E-state index in [1.807, 2.05) is 24.3 Å². The van der Waals surface area contributed by atoms with Crippen molar-refractivity contribution in [1.82, 2.24) is 0 Å². The fraction of sp³-hybridized carbons (Fsp3) is 0.133. The summed E-state index contributed by atoms with van der Waals surface area (Å²) in [6.07, 6.45) is 0. The molecule has 0 heterocycles. The van der Waals surface area contributed by atoms with Gasteiger partial charge in [0.15, 0.2) is 0 Å². The lowest BCUT2D eigenvalue weighted by molar-refractivity contribution is 0.258. The zero-order valence-electron chi connectivity index (χ0n) is 11.1. The summed E-state index contributed by atoms with van der Waals surface area (Å²) < 4.78 is 13.1. The van der Waals surface area contributed by atoms with E-state index < -0.39 is 5.82 Å². The van der Waals surface area contributed by atoms with Crippen molar-refractivity contribution in [3.8, 4) is 0 Å². The molecule has 0 bridgehead atoms. The predicted octanol–water partition coefficient (Wildman–Crippen LogP) is 2.95. The van der Waals surface area contributed by atoms with E-state index in [0.717, 1.165) is 11.3 Å². The number of nitrogens with zero attached hydrogens (tertiary/aromatic N) is 1. The van der Waals surface area contributed by atoms with Crippen molar-refractivity contribution in [2.75, 3.05) is 17.3 Å². The molecule has 5 heteroatoms. The fourth-order valence-electron chi connectivity index (χ4n) is 1.78. The van der Waals surface area contributed by atoms with Crippen LogP contribution in [0.2, 0.25) is 0 Å². The molecule has 0 saturated heterocycles. The highest BCUT2D eigenvalue weighted by Crippen LogP contribution is 2.16. The maximum atomic E-state index is 13.1. The van der Waals surface area contributed by atoms with Crippen LogP contribution in [-0.4, -0.2) is 13.1 Å². The number of nitrogens with two attached hydrogens (primary N) is 1. The van der Waals surface area contributed by atoms with Gasteiger partial charge in [0.05, 0.1) is 0 Å². The average Bonchev–Trinajstić information content (AvgIpc) is 2.46. The standard InChI is InChI=1S/C15H16FN3O/c1-19(14-7-2-4-11(8-14)10-17)15(20)18-13-6-3-5-12(16)9-13/h2-9H,10,17H2,1H3,(H,18,20). The van der Waals surface area contributed by atoms with Crippen LogP contribution in [0.1, 0.15) is 5.56 Å². The van der Waals surface area contributed by atoms with Crippen LogP contribution in [0, 0.1) is 5.82 Å². The Balaban J connectivity index is 2.12. The number of carbonyl (C=O) groups is 1. The van der Waals surface area contributed by atoms with Crippen LogP contribution in [0.3, 0.4) is 0 Å². The fourth-order valence-corrected chi connectivity index (χ4v) is 1.78. The van der Waals surface area contributed by atoms with Gasteiger partial charge in [-0.2, -0.15) is 0 Å². The van der Waals surface area contributed by atoms with E-state index in [4.69, 9.17) is 5.73 Å². The zero-order valence-corrected chi connectivity index (χ0v) is 11.1. The molecule has 0 fully saturated rings. The van der Waals surface area contributed by atoms with Crippen LogP contribution in [-0.2, 0) is 6.54 Å². The topological polar surface area (TPSA) is 58.4 Å². The molecule has 0 spiro atoms. The number of nitrogens with one attached hydrogen (secondary N) is 1. The Morgan fingerprint density at radius 2 is 2.00 bits per heavy atom. The molecule has 4 nitrogen and oxygen atoms in total. The minimum Gasteiger partial charge on any atom is -0.326 e. The molecule has 0 atom stereocenters. The molecular formula is C15H16FN3O. The molecule has 2 aromatic rings. The first-order chi connectivity index (χ1) is 9.60. The Morgan fingerprint density at radius 3 is 2.70 bits per heavy atom. The maximum Gasteiger partial charge on any atom is 0.326 e. The first kappa shape index (κ1) is 14.0. The third-order valence-corrected chi connectivity index (χ3v) is 2.91. The van der Waals surface area contributed by atoms with Crippen molar-refractivity contribution in [3.05, 3.63) is 59.9 Å².